The zero-order valence-electron chi connectivity index (χ0n) is 12.7. The van der Waals surface area contributed by atoms with Gasteiger partial charge >= 0.3 is 0 Å². The van der Waals surface area contributed by atoms with Crippen molar-refractivity contribution in [1.29, 1.82) is 0 Å². The number of primary amides is 1. The second kappa shape index (κ2) is 6.85. The van der Waals surface area contributed by atoms with Crippen LogP contribution in [-0.2, 0) is 6.54 Å². The molecule has 22 heavy (non-hydrogen) atoms. The number of nitro benzene ring substituents is 1. The first-order valence-electron chi connectivity index (χ1n) is 7.47. The van der Waals surface area contributed by atoms with Gasteiger partial charge in [0.15, 0.2) is 0 Å². The normalized spacial score (nSPS) is 20.5. The molecule has 0 spiro atoms. The van der Waals surface area contributed by atoms with Crippen LogP contribution in [0, 0.1) is 10.1 Å². The SMILES string of the molecule is CC(N)C1CCCCN1Cc1ccc(C(N)=O)cc1[N+](=O)[O-]. The summed E-state index contributed by atoms with van der Waals surface area (Å²) in [5, 5.41) is 11.3. The summed E-state index contributed by atoms with van der Waals surface area (Å²) in [5.74, 6) is -0.666. The van der Waals surface area contributed by atoms with Gasteiger partial charge in [-0.2, -0.15) is 0 Å². The molecule has 2 unspecified atom stereocenters. The van der Waals surface area contributed by atoms with Crippen LogP contribution in [-0.4, -0.2) is 34.4 Å². The van der Waals surface area contributed by atoms with E-state index in [1.54, 1.807) is 6.07 Å². The quantitative estimate of drug-likeness (QED) is 0.630. The number of hydrogen-bond acceptors (Lipinski definition) is 5. The summed E-state index contributed by atoms with van der Waals surface area (Å²) in [4.78, 5) is 24.2. The molecule has 1 aromatic rings. The molecule has 2 atom stereocenters. The number of nitro groups is 1. The summed E-state index contributed by atoms with van der Waals surface area (Å²) in [6, 6.07) is 4.65. The molecule has 1 aromatic carbocycles. The molecule has 7 nitrogen and oxygen atoms in total. The Morgan fingerprint density at radius 1 is 1.50 bits per heavy atom. The monoisotopic (exact) mass is 306 g/mol. The van der Waals surface area contributed by atoms with Crippen LogP contribution in [0.15, 0.2) is 18.2 Å². The number of benzene rings is 1. The highest BCUT2D eigenvalue weighted by Gasteiger charge is 2.27. The Bertz CT molecular complexity index is 574. The number of rotatable bonds is 5. The second-order valence-electron chi connectivity index (χ2n) is 5.86. The van der Waals surface area contributed by atoms with Gasteiger partial charge in [0.1, 0.15) is 0 Å². The van der Waals surface area contributed by atoms with E-state index < -0.39 is 10.8 Å². The van der Waals surface area contributed by atoms with Crippen LogP contribution in [0.3, 0.4) is 0 Å². The lowest BCUT2D eigenvalue weighted by Crippen LogP contribution is -2.48. The van der Waals surface area contributed by atoms with Crippen molar-refractivity contribution in [3.05, 3.63) is 39.4 Å². The van der Waals surface area contributed by atoms with Crippen LogP contribution >= 0.6 is 0 Å². The van der Waals surface area contributed by atoms with Gasteiger partial charge in [-0.3, -0.25) is 19.8 Å². The standard InChI is InChI=1S/C15H22N4O3/c1-10(16)13-4-2-3-7-18(13)9-12-6-5-11(15(17)20)8-14(12)19(21)22/h5-6,8,10,13H,2-4,7,9,16H2,1H3,(H2,17,20). The van der Waals surface area contributed by atoms with Crippen LogP contribution in [0.4, 0.5) is 5.69 Å². The van der Waals surface area contributed by atoms with Crippen molar-refractivity contribution in [3.63, 3.8) is 0 Å². The van der Waals surface area contributed by atoms with Crippen molar-refractivity contribution in [2.24, 2.45) is 11.5 Å². The fourth-order valence-electron chi connectivity index (χ4n) is 3.05. The zero-order chi connectivity index (χ0) is 16.3. The average Bonchev–Trinajstić information content (AvgIpc) is 2.47. The predicted molar refractivity (Wildman–Crippen MR) is 83.3 cm³/mol. The highest BCUT2D eigenvalue weighted by Crippen LogP contribution is 2.26. The van der Waals surface area contributed by atoms with E-state index in [2.05, 4.69) is 4.90 Å². The molecule has 1 aliphatic rings. The van der Waals surface area contributed by atoms with Crippen molar-refractivity contribution in [3.8, 4) is 0 Å². The van der Waals surface area contributed by atoms with Crippen molar-refractivity contribution < 1.29 is 9.72 Å². The van der Waals surface area contributed by atoms with E-state index in [0.29, 0.717) is 12.1 Å². The maximum Gasteiger partial charge on any atom is 0.274 e. The van der Waals surface area contributed by atoms with Gasteiger partial charge in [0.05, 0.1) is 4.92 Å². The lowest BCUT2D eigenvalue weighted by molar-refractivity contribution is -0.385. The smallest absolute Gasteiger partial charge is 0.274 e. The average molecular weight is 306 g/mol. The van der Waals surface area contributed by atoms with Crippen LogP contribution < -0.4 is 11.5 Å². The third-order valence-corrected chi connectivity index (χ3v) is 4.21. The van der Waals surface area contributed by atoms with Crippen LogP contribution in [0.5, 0.6) is 0 Å². The molecule has 2 rings (SSSR count). The minimum absolute atomic E-state index is 0.0178. The molecule has 0 aliphatic carbocycles. The second-order valence-corrected chi connectivity index (χ2v) is 5.86. The molecule has 7 heteroatoms. The summed E-state index contributed by atoms with van der Waals surface area (Å²) in [6.45, 7) is 3.30. The number of nitrogens with two attached hydrogens (primary N) is 2. The molecule has 0 aromatic heterocycles. The third kappa shape index (κ3) is 3.61. The van der Waals surface area contributed by atoms with Crippen LogP contribution in [0.25, 0.3) is 0 Å². The van der Waals surface area contributed by atoms with Gasteiger partial charge in [0.25, 0.3) is 5.69 Å². The first kappa shape index (κ1) is 16.4. The molecule has 1 amide bonds. The zero-order valence-corrected chi connectivity index (χ0v) is 12.7. The fraction of sp³-hybridized carbons (Fsp3) is 0.533. The lowest BCUT2D eigenvalue weighted by Gasteiger charge is -2.38. The Kier molecular flexibility index (Phi) is 5.10. The number of likely N-dealkylation sites (tertiary alicyclic amines) is 1. The van der Waals surface area contributed by atoms with E-state index in [-0.39, 0.29) is 23.3 Å². The minimum Gasteiger partial charge on any atom is -0.366 e. The lowest BCUT2D eigenvalue weighted by atomic mass is 9.96. The van der Waals surface area contributed by atoms with E-state index in [1.165, 1.54) is 12.1 Å². The van der Waals surface area contributed by atoms with Gasteiger partial charge in [-0.1, -0.05) is 12.5 Å². The summed E-state index contributed by atoms with van der Waals surface area (Å²) in [7, 11) is 0. The molecule has 1 fully saturated rings. The van der Waals surface area contributed by atoms with Gasteiger partial charge in [0, 0.05) is 35.8 Å². The number of piperidine rings is 1. The van der Waals surface area contributed by atoms with Gasteiger partial charge < -0.3 is 11.5 Å². The Labute approximate surface area is 129 Å². The first-order chi connectivity index (χ1) is 10.4. The fourth-order valence-corrected chi connectivity index (χ4v) is 3.05. The van der Waals surface area contributed by atoms with E-state index in [0.717, 1.165) is 25.8 Å². The molecular weight excluding hydrogens is 284 g/mol. The number of nitrogens with zero attached hydrogens (tertiary/aromatic N) is 2. The molecule has 4 N–H and O–H groups in total. The largest absolute Gasteiger partial charge is 0.366 e. The van der Waals surface area contributed by atoms with Gasteiger partial charge in [0.2, 0.25) is 5.91 Å². The topological polar surface area (TPSA) is 115 Å². The molecule has 120 valence electrons. The molecule has 0 radical (unpaired) electrons. The summed E-state index contributed by atoms with van der Waals surface area (Å²) in [5.41, 5.74) is 11.9. The number of hydrogen-bond donors (Lipinski definition) is 2. The maximum atomic E-state index is 11.3. The van der Waals surface area contributed by atoms with E-state index >= 15 is 0 Å². The maximum absolute atomic E-state index is 11.3. The van der Waals surface area contributed by atoms with Gasteiger partial charge in [-0.25, -0.2) is 0 Å². The Balaban J connectivity index is 2.27. The summed E-state index contributed by atoms with van der Waals surface area (Å²) in [6.07, 6.45) is 3.20. The van der Waals surface area contributed by atoms with Crippen molar-refractivity contribution in [1.82, 2.24) is 4.90 Å². The molecule has 1 saturated heterocycles. The summed E-state index contributed by atoms with van der Waals surface area (Å²) < 4.78 is 0. The van der Waals surface area contributed by atoms with Crippen molar-refractivity contribution >= 4 is 11.6 Å². The van der Waals surface area contributed by atoms with Crippen molar-refractivity contribution in [2.75, 3.05) is 6.54 Å². The highest BCUT2D eigenvalue weighted by molar-refractivity contribution is 5.93. The van der Waals surface area contributed by atoms with Crippen LogP contribution in [0.1, 0.15) is 42.1 Å². The highest BCUT2D eigenvalue weighted by atomic mass is 16.6. The number of amides is 1. The van der Waals surface area contributed by atoms with E-state index in [9.17, 15) is 14.9 Å². The van der Waals surface area contributed by atoms with Crippen molar-refractivity contribution in [2.45, 2.75) is 44.8 Å². The Hall–Kier alpha value is -1.99. The number of carbonyl (C=O) groups excluding carboxylic acids is 1. The molecule has 0 bridgehead atoms. The van der Waals surface area contributed by atoms with Crippen LogP contribution in [0.2, 0.25) is 0 Å². The van der Waals surface area contributed by atoms with Gasteiger partial charge in [-0.15, -0.1) is 0 Å². The molecule has 1 heterocycles. The number of carbonyl (C=O) groups is 1. The molecule has 0 saturated carbocycles. The van der Waals surface area contributed by atoms with E-state index in [4.69, 9.17) is 11.5 Å². The first-order valence-corrected chi connectivity index (χ1v) is 7.47. The minimum atomic E-state index is -0.666. The Morgan fingerprint density at radius 2 is 2.23 bits per heavy atom. The molecular formula is C15H22N4O3. The van der Waals surface area contributed by atoms with E-state index in [1.807, 2.05) is 6.92 Å². The summed E-state index contributed by atoms with van der Waals surface area (Å²) >= 11 is 0. The third-order valence-electron chi connectivity index (χ3n) is 4.21. The molecule has 1 aliphatic heterocycles. The van der Waals surface area contributed by atoms with Gasteiger partial charge in [-0.05, 0) is 32.4 Å². The Morgan fingerprint density at radius 3 is 2.82 bits per heavy atom. The predicted octanol–water partition coefficient (Wildman–Crippen LogP) is 1.40.